The fourth-order valence-electron chi connectivity index (χ4n) is 2.59. The van der Waals surface area contributed by atoms with Crippen LogP contribution in [0.25, 0.3) is 5.65 Å². The first kappa shape index (κ1) is 11.3. The number of amides is 1. The molecule has 3 heterocycles. The van der Waals surface area contributed by atoms with Crippen molar-refractivity contribution < 1.29 is 4.79 Å². The zero-order chi connectivity index (χ0) is 12.7. The van der Waals surface area contributed by atoms with Crippen LogP contribution in [0.1, 0.15) is 34.6 Å². The van der Waals surface area contributed by atoms with E-state index in [1.54, 1.807) is 0 Å². The van der Waals surface area contributed by atoms with Crippen molar-refractivity contribution in [3.8, 4) is 0 Å². The molecule has 0 spiro atoms. The fraction of sp³-hybridized carbons (Fsp3) is 0.429. The van der Waals surface area contributed by atoms with Gasteiger partial charge in [0, 0.05) is 19.3 Å². The maximum atomic E-state index is 12.5. The maximum absolute atomic E-state index is 12.5. The van der Waals surface area contributed by atoms with E-state index in [4.69, 9.17) is 0 Å². The van der Waals surface area contributed by atoms with Crippen molar-refractivity contribution in [2.45, 2.75) is 26.7 Å². The van der Waals surface area contributed by atoms with Crippen LogP contribution < -0.4 is 0 Å². The molecule has 4 heteroatoms. The highest BCUT2D eigenvalue weighted by Crippen LogP contribution is 2.18. The second-order valence-corrected chi connectivity index (χ2v) is 4.98. The molecule has 0 saturated carbocycles. The van der Waals surface area contributed by atoms with Gasteiger partial charge < -0.3 is 4.90 Å². The number of carbonyl (C=O) groups is 1. The van der Waals surface area contributed by atoms with E-state index in [0.717, 1.165) is 42.8 Å². The van der Waals surface area contributed by atoms with Crippen LogP contribution in [0.3, 0.4) is 0 Å². The summed E-state index contributed by atoms with van der Waals surface area (Å²) in [5.74, 6) is 0.112. The predicted molar refractivity (Wildman–Crippen MR) is 69.8 cm³/mol. The van der Waals surface area contributed by atoms with E-state index < -0.39 is 0 Å². The monoisotopic (exact) mass is 243 g/mol. The Balaban J connectivity index is 2.10. The molecule has 0 radical (unpaired) electrons. The molecule has 4 nitrogen and oxygen atoms in total. The van der Waals surface area contributed by atoms with E-state index in [1.807, 2.05) is 41.5 Å². The number of rotatable bonds is 1. The Hall–Kier alpha value is -1.84. The fourth-order valence-corrected chi connectivity index (χ4v) is 2.59. The molecule has 0 N–H and O–H groups in total. The number of aromatic nitrogens is 2. The summed E-state index contributed by atoms with van der Waals surface area (Å²) in [5, 5.41) is 0. The molecule has 1 fully saturated rings. The third-order valence-corrected chi connectivity index (χ3v) is 3.55. The van der Waals surface area contributed by atoms with Gasteiger partial charge >= 0.3 is 0 Å². The Morgan fingerprint density at radius 3 is 2.72 bits per heavy atom. The van der Waals surface area contributed by atoms with Gasteiger partial charge in [-0.15, -0.1) is 0 Å². The number of likely N-dealkylation sites (tertiary alicyclic amines) is 1. The second kappa shape index (κ2) is 4.12. The van der Waals surface area contributed by atoms with Gasteiger partial charge in [-0.05, 0) is 44.4 Å². The van der Waals surface area contributed by atoms with Crippen molar-refractivity contribution >= 4 is 11.6 Å². The van der Waals surface area contributed by atoms with Gasteiger partial charge in [-0.1, -0.05) is 0 Å². The molecule has 18 heavy (non-hydrogen) atoms. The number of imidazole rings is 1. The first-order valence-corrected chi connectivity index (χ1v) is 6.41. The highest BCUT2D eigenvalue weighted by molar-refractivity contribution is 5.94. The SMILES string of the molecule is Cc1ccn2c(C(=O)N3CCCC3)c(C)nc2c1. The largest absolute Gasteiger partial charge is 0.337 e. The van der Waals surface area contributed by atoms with Gasteiger partial charge in [-0.25, -0.2) is 4.98 Å². The van der Waals surface area contributed by atoms with Crippen molar-refractivity contribution in [2.75, 3.05) is 13.1 Å². The minimum atomic E-state index is 0.112. The van der Waals surface area contributed by atoms with E-state index in [0.29, 0.717) is 5.69 Å². The van der Waals surface area contributed by atoms with Crippen LogP contribution in [0.5, 0.6) is 0 Å². The molecule has 2 aromatic heterocycles. The number of aryl methyl sites for hydroxylation is 2. The average molecular weight is 243 g/mol. The molecular weight excluding hydrogens is 226 g/mol. The molecular formula is C14H17N3O. The number of hydrogen-bond acceptors (Lipinski definition) is 2. The molecule has 1 aliphatic heterocycles. The first-order valence-electron chi connectivity index (χ1n) is 6.41. The molecule has 0 bridgehead atoms. The van der Waals surface area contributed by atoms with Gasteiger partial charge in [0.05, 0.1) is 5.69 Å². The lowest BCUT2D eigenvalue weighted by atomic mass is 10.3. The van der Waals surface area contributed by atoms with E-state index >= 15 is 0 Å². The lowest BCUT2D eigenvalue weighted by Crippen LogP contribution is -2.29. The molecule has 94 valence electrons. The highest BCUT2D eigenvalue weighted by atomic mass is 16.2. The third-order valence-electron chi connectivity index (χ3n) is 3.55. The number of nitrogens with zero attached hydrogens (tertiary/aromatic N) is 3. The zero-order valence-electron chi connectivity index (χ0n) is 10.8. The maximum Gasteiger partial charge on any atom is 0.272 e. The van der Waals surface area contributed by atoms with Gasteiger partial charge in [0.25, 0.3) is 5.91 Å². The zero-order valence-corrected chi connectivity index (χ0v) is 10.8. The molecule has 1 amide bonds. The topological polar surface area (TPSA) is 37.6 Å². The molecule has 2 aromatic rings. The summed E-state index contributed by atoms with van der Waals surface area (Å²) >= 11 is 0. The highest BCUT2D eigenvalue weighted by Gasteiger charge is 2.24. The number of pyridine rings is 1. The lowest BCUT2D eigenvalue weighted by Gasteiger charge is -2.15. The molecule has 1 aliphatic rings. The Kier molecular flexibility index (Phi) is 2.58. The smallest absolute Gasteiger partial charge is 0.272 e. The molecule has 0 atom stereocenters. The Morgan fingerprint density at radius 2 is 2.00 bits per heavy atom. The molecule has 1 saturated heterocycles. The van der Waals surface area contributed by atoms with Gasteiger partial charge in [0.2, 0.25) is 0 Å². The van der Waals surface area contributed by atoms with Crippen LogP contribution in [0, 0.1) is 13.8 Å². The lowest BCUT2D eigenvalue weighted by molar-refractivity contribution is 0.0785. The van der Waals surface area contributed by atoms with Crippen LogP contribution in [-0.2, 0) is 0 Å². The number of hydrogen-bond donors (Lipinski definition) is 0. The van der Waals surface area contributed by atoms with Crippen molar-refractivity contribution in [2.24, 2.45) is 0 Å². The quantitative estimate of drug-likeness (QED) is 0.770. The molecule has 3 rings (SSSR count). The van der Waals surface area contributed by atoms with Gasteiger partial charge in [0.1, 0.15) is 11.3 Å². The van der Waals surface area contributed by atoms with Crippen molar-refractivity contribution in [1.82, 2.24) is 14.3 Å². The van der Waals surface area contributed by atoms with Crippen LogP contribution in [0.4, 0.5) is 0 Å². The summed E-state index contributed by atoms with van der Waals surface area (Å²) in [6.07, 6.45) is 4.16. The third kappa shape index (κ3) is 1.68. The molecule has 0 aliphatic carbocycles. The second-order valence-electron chi connectivity index (χ2n) is 4.98. The Morgan fingerprint density at radius 1 is 1.28 bits per heavy atom. The summed E-state index contributed by atoms with van der Waals surface area (Å²) < 4.78 is 1.91. The van der Waals surface area contributed by atoms with Crippen LogP contribution in [0.2, 0.25) is 0 Å². The van der Waals surface area contributed by atoms with Gasteiger partial charge in [-0.2, -0.15) is 0 Å². The van der Waals surface area contributed by atoms with E-state index in [2.05, 4.69) is 4.98 Å². The van der Waals surface area contributed by atoms with Crippen molar-refractivity contribution in [3.05, 3.63) is 35.3 Å². The number of fused-ring (bicyclic) bond motifs is 1. The van der Waals surface area contributed by atoms with Crippen LogP contribution in [0.15, 0.2) is 18.3 Å². The summed E-state index contributed by atoms with van der Waals surface area (Å²) in [5.41, 5.74) is 3.55. The van der Waals surface area contributed by atoms with E-state index in [-0.39, 0.29) is 5.91 Å². The van der Waals surface area contributed by atoms with Crippen molar-refractivity contribution in [3.63, 3.8) is 0 Å². The summed E-state index contributed by atoms with van der Waals surface area (Å²) in [7, 11) is 0. The predicted octanol–water partition coefficient (Wildman–Crippen LogP) is 2.19. The van der Waals surface area contributed by atoms with Crippen molar-refractivity contribution in [1.29, 1.82) is 0 Å². The first-order chi connectivity index (χ1) is 8.66. The van der Waals surface area contributed by atoms with Gasteiger partial charge in [0.15, 0.2) is 0 Å². The van der Waals surface area contributed by atoms with Crippen LogP contribution >= 0.6 is 0 Å². The minimum Gasteiger partial charge on any atom is -0.337 e. The standard InChI is InChI=1S/C14H17N3O/c1-10-5-8-17-12(9-10)15-11(2)13(17)14(18)16-6-3-4-7-16/h5,8-9H,3-4,6-7H2,1-2H3. The summed E-state index contributed by atoms with van der Waals surface area (Å²) in [6.45, 7) is 5.69. The van der Waals surface area contributed by atoms with E-state index in [1.165, 1.54) is 0 Å². The van der Waals surface area contributed by atoms with Crippen LogP contribution in [-0.4, -0.2) is 33.3 Å². The number of carbonyl (C=O) groups excluding carboxylic acids is 1. The summed E-state index contributed by atoms with van der Waals surface area (Å²) in [4.78, 5) is 18.9. The summed E-state index contributed by atoms with van der Waals surface area (Å²) in [6, 6.07) is 4.02. The molecule has 0 unspecified atom stereocenters. The molecule has 0 aromatic carbocycles. The van der Waals surface area contributed by atoms with Gasteiger partial charge in [-0.3, -0.25) is 9.20 Å². The average Bonchev–Trinajstić information content (AvgIpc) is 2.94. The Bertz CT molecular complexity index is 609. The minimum absolute atomic E-state index is 0.112. The Labute approximate surface area is 106 Å². The normalized spacial score (nSPS) is 15.6. The van der Waals surface area contributed by atoms with E-state index in [9.17, 15) is 4.79 Å².